The fraction of sp³-hybridized carbons (Fsp3) is 0.290. The summed E-state index contributed by atoms with van der Waals surface area (Å²) in [6.45, 7) is 3.24. The van der Waals surface area contributed by atoms with Gasteiger partial charge in [-0.25, -0.2) is 0 Å². The Balaban J connectivity index is 1.11. The van der Waals surface area contributed by atoms with Crippen LogP contribution in [0.5, 0.6) is 0 Å². The molecule has 4 aromatic rings. The second kappa shape index (κ2) is 11.9. The van der Waals surface area contributed by atoms with Crippen molar-refractivity contribution >= 4 is 28.5 Å². The fourth-order valence-corrected chi connectivity index (χ4v) is 5.05. The molecule has 1 aliphatic heterocycles. The van der Waals surface area contributed by atoms with Crippen molar-refractivity contribution in [2.24, 2.45) is 5.92 Å². The number of rotatable bonds is 9. The molecule has 0 saturated carbocycles. The molecule has 2 amide bonds. The highest BCUT2D eigenvalue weighted by atomic mass is 16.2. The van der Waals surface area contributed by atoms with Gasteiger partial charge in [0.05, 0.1) is 0 Å². The van der Waals surface area contributed by atoms with Gasteiger partial charge in [-0.3, -0.25) is 14.9 Å². The van der Waals surface area contributed by atoms with E-state index in [0.717, 1.165) is 41.8 Å². The molecule has 1 aliphatic rings. The van der Waals surface area contributed by atoms with Crippen LogP contribution in [0.3, 0.4) is 0 Å². The van der Waals surface area contributed by atoms with Gasteiger partial charge in [-0.15, -0.1) is 0 Å². The number of carbonyl (C=O) groups excluding carboxylic acids is 2. The number of hydrogen-bond donors (Lipinski definition) is 3. The van der Waals surface area contributed by atoms with E-state index in [-0.39, 0.29) is 18.2 Å². The van der Waals surface area contributed by atoms with Gasteiger partial charge in [0.25, 0.3) is 5.91 Å². The largest absolute Gasteiger partial charge is 0.358 e. The maximum absolute atomic E-state index is 12.7. The summed E-state index contributed by atoms with van der Waals surface area (Å²) in [5.74, 6) is 1.16. The highest BCUT2D eigenvalue weighted by Crippen LogP contribution is 2.28. The van der Waals surface area contributed by atoms with Crippen LogP contribution in [0.2, 0.25) is 0 Å². The lowest BCUT2D eigenvalue weighted by Crippen LogP contribution is -2.34. The Morgan fingerprint density at radius 1 is 0.865 bits per heavy atom. The Labute approximate surface area is 218 Å². The molecule has 0 bridgehead atoms. The number of nitrogens with one attached hydrogen (secondary N) is 3. The molecule has 0 unspecified atom stereocenters. The molecule has 37 heavy (non-hydrogen) atoms. The number of carbonyl (C=O) groups is 2. The number of piperidine rings is 1. The summed E-state index contributed by atoms with van der Waals surface area (Å²) in [6, 6.07) is 28.4. The monoisotopic (exact) mass is 494 g/mol. The zero-order valence-corrected chi connectivity index (χ0v) is 21.1. The van der Waals surface area contributed by atoms with Crippen molar-refractivity contribution in [2.75, 3.05) is 24.5 Å². The molecule has 3 aromatic carbocycles. The highest BCUT2D eigenvalue weighted by molar-refractivity contribution is 6.06. The normalized spacial score (nSPS) is 14.1. The molecule has 1 saturated heterocycles. The Morgan fingerprint density at radius 3 is 2.30 bits per heavy atom. The molecule has 6 nitrogen and oxygen atoms in total. The highest BCUT2D eigenvalue weighted by Gasteiger charge is 2.21. The summed E-state index contributed by atoms with van der Waals surface area (Å²) < 4.78 is 0. The van der Waals surface area contributed by atoms with Crippen molar-refractivity contribution in [2.45, 2.75) is 32.2 Å². The molecule has 0 spiro atoms. The molecule has 1 fully saturated rings. The minimum absolute atomic E-state index is 0.245. The zero-order chi connectivity index (χ0) is 25.5. The number of aromatic amines is 1. The van der Waals surface area contributed by atoms with E-state index in [1.807, 2.05) is 42.5 Å². The van der Waals surface area contributed by atoms with Gasteiger partial charge in [0.15, 0.2) is 0 Å². The first-order valence-electron chi connectivity index (χ1n) is 13.1. The third kappa shape index (κ3) is 6.66. The minimum Gasteiger partial charge on any atom is -0.358 e. The number of anilines is 1. The number of hydrogen-bond acceptors (Lipinski definition) is 4. The lowest BCUT2D eigenvalue weighted by atomic mass is 9.90. The van der Waals surface area contributed by atoms with Crippen molar-refractivity contribution in [3.8, 4) is 0 Å². The number of imide groups is 1. The molecule has 0 aliphatic carbocycles. The second-order valence-corrected chi connectivity index (χ2v) is 9.87. The number of H-pyrrole nitrogens is 1. The number of benzene rings is 3. The van der Waals surface area contributed by atoms with Gasteiger partial charge in [0.1, 0.15) is 5.82 Å². The first kappa shape index (κ1) is 24.8. The van der Waals surface area contributed by atoms with Gasteiger partial charge in [0.2, 0.25) is 5.91 Å². The van der Waals surface area contributed by atoms with E-state index in [9.17, 15) is 9.59 Å². The molecule has 5 rings (SSSR count). The smallest absolute Gasteiger partial charge is 0.257 e. The summed E-state index contributed by atoms with van der Waals surface area (Å²) >= 11 is 0. The Bertz CT molecular complexity index is 1330. The maximum Gasteiger partial charge on any atom is 0.257 e. The van der Waals surface area contributed by atoms with Gasteiger partial charge in [-0.1, -0.05) is 60.7 Å². The van der Waals surface area contributed by atoms with Crippen LogP contribution in [-0.2, 0) is 17.8 Å². The number of amides is 2. The number of nitrogens with zero attached hydrogens (tertiary/aromatic N) is 1. The number of aromatic nitrogens is 1. The average Bonchev–Trinajstić information content (AvgIpc) is 3.36. The quantitative estimate of drug-likeness (QED) is 0.284. The summed E-state index contributed by atoms with van der Waals surface area (Å²) in [5.41, 5.74) is 4.06. The zero-order valence-electron chi connectivity index (χ0n) is 21.1. The molecular weight excluding hydrogens is 460 g/mol. The van der Waals surface area contributed by atoms with E-state index in [1.54, 1.807) is 6.07 Å². The lowest BCUT2D eigenvalue weighted by Gasteiger charge is -2.32. The molecule has 190 valence electrons. The average molecular weight is 495 g/mol. The van der Waals surface area contributed by atoms with Crippen LogP contribution in [0.4, 0.5) is 5.82 Å². The van der Waals surface area contributed by atoms with Crippen LogP contribution in [0.25, 0.3) is 10.9 Å². The minimum atomic E-state index is -0.362. The van der Waals surface area contributed by atoms with Crippen molar-refractivity contribution in [3.63, 3.8) is 0 Å². The topological polar surface area (TPSA) is 77.2 Å². The number of fused-ring (bicyclic) bond motifs is 1. The van der Waals surface area contributed by atoms with Crippen LogP contribution in [0.15, 0.2) is 84.9 Å². The predicted octanol–water partition coefficient (Wildman–Crippen LogP) is 5.06. The predicted molar refractivity (Wildman–Crippen MR) is 149 cm³/mol. The summed E-state index contributed by atoms with van der Waals surface area (Å²) in [5, 5.41) is 6.73. The van der Waals surface area contributed by atoms with Gasteiger partial charge in [0, 0.05) is 49.1 Å². The van der Waals surface area contributed by atoms with Crippen LogP contribution < -0.4 is 15.5 Å². The van der Waals surface area contributed by atoms with E-state index < -0.39 is 0 Å². The van der Waals surface area contributed by atoms with Crippen molar-refractivity contribution < 1.29 is 9.59 Å². The van der Waals surface area contributed by atoms with Gasteiger partial charge in [-0.2, -0.15) is 0 Å². The standard InChI is InChI=1S/C31H34N4O2/c36-30(13-16-32-22-25-9-5-2-6-10-25)34-31(37)26-11-12-28-27(20-26)21-29(33-28)35-17-14-24(15-18-35)19-23-7-3-1-4-8-23/h1-12,20-21,24,32-33H,13-19,22H2,(H,34,36,37). The van der Waals surface area contributed by atoms with Crippen molar-refractivity contribution in [1.82, 2.24) is 15.6 Å². The summed E-state index contributed by atoms with van der Waals surface area (Å²) in [4.78, 5) is 30.8. The van der Waals surface area contributed by atoms with Crippen LogP contribution in [0, 0.1) is 5.92 Å². The molecule has 2 heterocycles. The SMILES string of the molecule is O=C(CCNCc1ccccc1)NC(=O)c1ccc2[nH]c(N3CCC(Cc4ccccc4)CC3)cc2c1. The van der Waals surface area contributed by atoms with E-state index >= 15 is 0 Å². The first-order valence-corrected chi connectivity index (χ1v) is 13.1. The Hall–Kier alpha value is -3.90. The van der Waals surface area contributed by atoms with Gasteiger partial charge >= 0.3 is 0 Å². The Kier molecular flexibility index (Phi) is 7.96. The van der Waals surface area contributed by atoms with E-state index in [1.165, 1.54) is 18.4 Å². The third-order valence-corrected chi connectivity index (χ3v) is 7.14. The molecular formula is C31H34N4O2. The molecule has 6 heteroatoms. The third-order valence-electron chi connectivity index (χ3n) is 7.14. The fourth-order valence-electron chi connectivity index (χ4n) is 5.05. The second-order valence-electron chi connectivity index (χ2n) is 9.87. The van der Waals surface area contributed by atoms with E-state index in [0.29, 0.717) is 24.6 Å². The lowest BCUT2D eigenvalue weighted by molar-refractivity contribution is -0.120. The van der Waals surface area contributed by atoms with E-state index in [2.05, 4.69) is 56.9 Å². The van der Waals surface area contributed by atoms with Crippen molar-refractivity contribution in [3.05, 3.63) is 102 Å². The Morgan fingerprint density at radius 2 is 1.57 bits per heavy atom. The maximum atomic E-state index is 12.7. The van der Waals surface area contributed by atoms with Crippen molar-refractivity contribution in [1.29, 1.82) is 0 Å². The summed E-state index contributed by atoms with van der Waals surface area (Å²) in [7, 11) is 0. The van der Waals surface area contributed by atoms with Crippen LogP contribution >= 0.6 is 0 Å². The molecule has 0 atom stereocenters. The van der Waals surface area contributed by atoms with Gasteiger partial charge in [-0.05, 0) is 60.6 Å². The molecule has 0 radical (unpaired) electrons. The molecule has 3 N–H and O–H groups in total. The van der Waals surface area contributed by atoms with Crippen LogP contribution in [-0.4, -0.2) is 36.4 Å². The van der Waals surface area contributed by atoms with E-state index in [4.69, 9.17) is 0 Å². The van der Waals surface area contributed by atoms with Crippen LogP contribution in [0.1, 0.15) is 40.7 Å². The van der Waals surface area contributed by atoms with Gasteiger partial charge < -0.3 is 15.2 Å². The first-order chi connectivity index (χ1) is 18.1. The molecule has 1 aromatic heterocycles. The summed E-state index contributed by atoms with van der Waals surface area (Å²) in [6.07, 6.45) is 3.72.